The number of nitrogens with zero attached hydrogens (tertiary/aromatic N) is 1. The third kappa shape index (κ3) is 2.10. The Morgan fingerprint density at radius 3 is 2.64 bits per heavy atom. The first-order chi connectivity index (χ1) is 6.71. The van der Waals surface area contributed by atoms with Crippen molar-refractivity contribution in [3.63, 3.8) is 0 Å². The summed E-state index contributed by atoms with van der Waals surface area (Å²) in [4.78, 5) is 2.31. The average molecular weight is 198 g/mol. The van der Waals surface area contributed by atoms with Crippen molar-refractivity contribution in [2.24, 2.45) is 0 Å². The summed E-state index contributed by atoms with van der Waals surface area (Å²) in [6.07, 6.45) is 5.65. The fourth-order valence-electron chi connectivity index (χ4n) is 2.77. The molecule has 2 rings (SSSR count). The molecular weight excluding hydrogens is 176 g/mol. The van der Waals surface area contributed by atoms with Crippen LogP contribution >= 0.6 is 0 Å². The van der Waals surface area contributed by atoms with Gasteiger partial charge in [0.1, 0.15) is 0 Å². The van der Waals surface area contributed by atoms with E-state index in [0.717, 1.165) is 32.5 Å². The molecule has 0 aromatic heterocycles. The van der Waals surface area contributed by atoms with Crippen molar-refractivity contribution >= 4 is 0 Å². The lowest BCUT2D eigenvalue weighted by Crippen LogP contribution is -2.61. The quantitative estimate of drug-likeness (QED) is 0.647. The van der Waals surface area contributed by atoms with E-state index < -0.39 is 5.60 Å². The van der Waals surface area contributed by atoms with E-state index in [2.05, 4.69) is 17.3 Å². The van der Waals surface area contributed by atoms with Gasteiger partial charge in [-0.15, -0.1) is 0 Å². The van der Waals surface area contributed by atoms with Crippen LogP contribution in [-0.2, 0) is 0 Å². The Hall–Kier alpha value is -0.120. The number of likely N-dealkylation sites (N-methyl/N-ethyl adjacent to an activating group) is 1. The monoisotopic (exact) mass is 198 g/mol. The minimum absolute atomic E-state index is 0.293. The molecule has 14 heavy (non-hydrogen) atoms. The number of hydrogen-bond acceptors (Lipinski definition) is 3. The van der Waals surface area contributed by atoms with Crippen molar-refractivity contribution in [2.75, 3.05) is 26.7 Å². The molecule has 1 saturated carbocycles. The number of aliphatic hydroxyl groups is 1. The van der Waals surface area contributed by atoms with Gasteiger partial charge in [0.05, 0.1) is 5.60 Å². The zero-order chi connectivity index (χ0) is 10.0. The second kappa shape index (κ2) is 4.17. The van der Waals surface area contributed by atoms with Crippen LogP contribution in [0.25, 0.3) is 0 Å². The summed E-state index contributed by atoms with van der Waals surface area (Å²) in [5.74, 6) is 0. The minimum atomic E-state index is -0.424. The third-order valence-electron chi connectivity index (χ3n) is 3.75. The van der Waals surface area contributed by atoms with Crippen LogP contribution in [0.5, 0.6) is 0 Å². The molecule has 1 unspecified atom stereocenters. The highest BCUT2D eigenvalue weighted by Crippen LogP contribution is 2.31. The molecule has 1 atom stereocenters. The maximum absolute atomic E-state index is 10.5. The summed E-state index contributed by atoms with van der Waals surface area (Å²) in [7, 11) is 2.14. The molecule has 3 nitrogen and oxygen atoms in total. The molecule has 0 aromatic carbocycles. The molecule has 1 heterocycles. The van der Waals surface area contributed by atoms with Crippen molar-refractivity contribution in [3.8, 4) is 0 Å². The molecule has 0 spiro atoms. The lowest BCUT2D eigenvalue weighted by molar-refractivity contribution is -0.0454. The fourth-order valence-corrected chi connectivity index (χ4v) is 2.77. The van der Waals surface area contributed by atoms with Gasteiger partial charge in [-0.1, -0.05) is 19.3 Å². The predicted molar refractivity (Wildman–Crippen MR) is 57.3 cm³/mol. The summed E-state index contributed by atoms with van der Waals surface area (Å²) in [5, 5.41) is 14.0. The van der Waals surface area contributed by atoms with Crippen LogP contribution in [0.3, 0.4) is 0 Å². The lowest BCUT2D eigenvalue weighted by atomic mass is 9.79. The first kappa shape index (κ1) is 10.4. The maximum Gasteiger partial charge on any atom is 0.0812 e. The Kier molecular flexibility index (Phi) is 3.10. The molecule has 0 bridgehead atoms. The second-order valence-electron chi connectivity index (χ2n) is 4.93. The molecule has 2 fully saturated rings. The number of hydrogen-bond donors (Lipinski definition) is 2. The zero-order valence-corrected chi connectivity index (χ0v) is 9.13. The van der Waals surface area contributed by atoms with Gasteiger partial charge < -0.3 is 15.3 Å². The molecule has 0 radical (unpaired) electrons. The lowest BCUT2D eigenvalue weighted by Gasteiger charge is -2.44. The highest BCUT2D eigenvalue weighted by Gasteiger charge is 2.39. The van der Waals surface area contributed by atoms with Crippen LogP contribution in [0.15, 0.2) is 0 Å². The number of piperazine rings is 1. The van der Waals surface area contributed by atoms with Crippen molar-refractivity contribution in [2.45, 2.75) is 43.7 Å². The van der Waals surface area contributed by atoms with Crippen molar-refractivity contribution < 1.29 is 5.11 Å². The first-order valence-electron chi connectivity index (χ1n) is 5.85. The van der Waals surface area contributed by atoms with Crippen molar-refractivity contribution in [3.05, 3.63) is 0 Å². The van der Waals surface area contributed by atoms with E-state index >= 15 is 0 Å². The molecule has 82 valence electrons. The predicted octanol–water partition coefficient (Wildman–Crippen LogP) is 0.585. The molecule has 3 heteroatoms. The molecule has 2 N–H and O–H groups in total. The fraction of sp³-hybridized carbons (Fsp3) is 1.00. The largest absolute Gasteiger partial charge is 0.388 e. The molecule has 2 aliphatic rings. The van der Waals surface area contributed by atoms with E-state index in [0.29, 0.717) is 6.04 Å². The average Bonchev–Trinajstić information content (AvgIpc) is 2.19. The van der Waals surface area contributed by atoms with E-state index in [1.165, 1.54) is 19.3 Å². The van der Waals surface area contributed by atoms with E-state index in [1.807, 2.05) is 0 Å². The molecular formula is C11H22N2O. The van der Waals surface area contributed by atoms with Crippen LogP contribution in [-0.4, -0.2) is 48.3 Å². The summed E-state index contributed by atoms with van der Waals surface area (Å²) in [6.45, 7) is 3.12. The standard InChI is InChI=1S/C11H22N2O/c1-13-8-7-12-10(9-13)11(14)5-3-2-4-6-11/h10,12,14H,2-9H2,1H3. The molecule has 0 amide bonds. The Morgan fingerprint density at radius 1 is 1.29 bits per heavy atom. The van der Waals surface area contributed by atoms with Gasteiger partial charge in [0, 0.05) is 25.7 Å². The smallest absolute Gasteiger partial charge is 0.0812 e. The molecule has 1 saturated heterocycles. The highest BCUT2D eigenvalue weighted by atomic mass is 16.3. The van der Waals surface area contributed by atoms with Crippen LogP contribution in [0, 0.1) is 0 Å². The Balaban J connectivity index is 1.97. The van der Waals surface area contributed by atoms with Gasteiger partial charge in [0.2, 0.25) is 0 Å². The van der Waals surface area contributed by atoms with E-state index in [4.69, 9.17) is 0 Å². The first-order valence-corrected chi connectivity index (χ1v) is 5.85. The molecule has 1 aliphatic heterocycles. The molecule has 0 aromatic rings. The van der Waals surface area contributed by atoms with Gasteiger partial charge >= 0.3 is 0 Å². The van der Waals surface area contributed by atoms with E-state index in [9.17, 15) is 5.11 Å². The SMILES string of the molecule is CN1CCNC(C2(O)CCCCC2)C1. The van der Waals surface area contributed by atoms with Crippen molar-refractivity contribution in [1.82, 2.24) is 10.2 Å². The van der Waals surface area contributed by atoms with Gasteiger partial charge in [-0.05, 0) is 19.9 Å². The summed E-state index contributed by atoms with van der Waals surface area (Å²) in [6, 6.07) is 0.293. The van der Waals surface area contributed by atoms with E-state index in [-0.39, 0.29) is 0 Å². The topological polar surface area (TPSA) is 35.5 Å². The van der Waals surface area contributed by atoms with Crippen LogP contribution < -0.4 is 5.32 Å². The van der Waals surface area contributed by atoms with Gasteiger partial charge in [0.15, 0.2) is 0 Å². The Morgan fingerprint density at radius 2 is 2.00 bits per heavy atom. The number of nitrogens with one attached hydrogen (secondary N) is 1. The van der Waals surface area contributed by atoms with Crippen LogP contribution in [0.2, 0.25) is 0 Å². The van der Waals surface area contributed by atoms with Gasteiger partial charge in [-0.3, -0.25) is 0 Å². The Labute approximate surface area is 86.5 Å². The van der Waals surface area contributed by atoms with Gasteiger partial charge in [-0.25, -0.2) is 0 Å². The van der Waals surface area contributed by atoms with Crippen molar-refractivity contribution in [1.29, 1.82) is 0 Å². The summed E-state index contributed by atoms with van der Waals surface area (Å²) < 4.78 is 0. The highest BCUT2D eigenvalue weighted by molar-refractivity contribution is 4.96. The second-order valence-corrected chi connectivity index (χ2v) is 4.93. The van der Waals surface area contributed by atoms with Gasteiger partial charge in [0.25, 0.3) is 0 Å². The normalized spacial score (nSPS) is 34.3. The zero-order valence-electron chi connectivity index (χ0n) is 9.13. The van der Waals surface area contributed by atoms with E-state index in [1.54, 1.807) is 0 Å². The van der Waals surface area contributed by atoms with Crippen LogP contribution in [0.1, 0.15) is 32.1 Å². The maximum atomic E-state index is 10.5. The summed E-state index contributed by atoms with van der Waals surface area (Å²) in [5.41, 5.74) is -0.424. The Bertz CT molecular complexity index is 190. The van der Waals surface area contributed by atoms with Crippen LogP contribution in [0.4, 0.5) is 0 Å². The number of rotatable bonds is 1. The minimum Gasteiger partial charge on any atom is -0.388 e. The molecule has 1 aliphatic carbocycles. The summed E-state index contributed by atoms with van der Waals surface area (Å²) >= 11 is 0. The van der Waals surface area contributed by atoms with Gasteiger partial charge in [-0.2, -0.15) is 0 Å². The third-order valence-corrected chi connectivity index (χ3v) is 3.75.